The highest BCUT2D eigenvalue weighted by atomic mass is 32.2. The van der Waals surface area contributed by atoms with Crippen LogP contribution in [0.5, 0.6) is 0 Å². The van der Waals surface area contributed by atoms with Gasteiger partial charge in [-0.05, 0) is 11.1 Å². The molecule has 2 aromatic carbocycles. The quantitative estimate of drug-likeness (QED) is 0.793. The van der Waals surface area contributed by atoms with E-state index in [-0.39, 0.29) is 23.2 Å². The summed E-state index contributed by atoms with van der Waals surface area (Å²) in [5.41, 5.74) is 2.56. The second-order valence-corrected chi connectivity index (χ2v) is 7.12. The van der Waals surface area contributed by atoms with Crippen molar-refractivity contribution in [3.63, 3.8) is 0 Å². The topological polar surface area (TPSA) is 74.7 Å². The van der Waals surface area contributed by atoms with E-state index in [1.807, 2.05) is 30.3 Å². The zero-order valence-electron chi connectivity index (χ0n) is 14.1. The number of nitrogens with zero attached hydrogens (tertiary/aromatic N) is 1. The number of Topliss-reactive ketones (excluding diaryl/α,β-unsaturated/α-hetero) is 1. The number of aliphatic carboxylic acids is 1. The number of carboxylic acid groups (broad SMARTS) is 1. The molecule has 0 aromatic heterocycles. The van der Waals surface area contributed by atoms with E-state index in [2.05, 4.69) is 0 Å². The third-order valence-corrected chi connectivity index (χ3v) is 5.33. The van der Waals surface area contributed by atoms with Crippen LogP contribution in [0.15, 0.2) is 54.6 Å². The number of amides is 1. The van der Waals surface area contributed by atoms with Crippen molar-refractivity contribution in [2.24, 2.45) is 0 Å². The van der Waals surface area contributed by atoms with Crippen LogP contribution >= 0.6 is 11.8 Å². The van der Waals surface area contributed by atoms with Crippen LogP contribution in [0.1, 0.15) is 21.5 Å². The van der Waals surface area contributed by atoms with Gasteiger partial charge in [-0.25, -0.2) is 4.79 Å². The number of hydrogen-bond donors (Lipinski definition) is 1. The van der Waals surface area contributed by atoms with Crippen molar-refractivity contribution in [1.82, 2.24) is 4.90 Å². The van der Waals surface area contributed by atoms with Crippen molar-refractivity contribution in [1.29, 1.82) is 0 Å². The molecule has 6 heteroatoms. The number of rotatable bonds is 6. The van der Waals surface area contributed by atoms with Crippen LogP contribution in [-0.2, 0) is 22.6 Å². The van der Waals surface area contributed by atoms with E-state index in [4.69, 9.17) is 0 Å². The van der Waals surface area contributed by atoms with Gasteiger partial charge < -0.3 is 10.0 Å². The Morgan fingerprint density at radius 2 is 1.62 bits per heavy atom. The van der Waals surface area contributed by atoms with Crippen molar-refractivity contribution >= 4 is 29.4 Å². The molecule has 1 aliphatic heterocycles. The minimum atomic E-state index is -1.00. The van der Waals surface area contributed by atoms with Crippen LogP contribution in [0, 0.1) is 0 Å². The van der Waals surface area contributed by atoms with E-state index in [0.29, 0.717) is 18.5 Å². The lowest BCUT2D eigenvalue weighted by atomic mass is 9.94. The third kappa shape index (κ3) is 4.14. The van der Waals surface area contributed by atoms with Crippen molar-refractivity contribution in [2.45, 2.75) is 19.0 Å². The monoisotopic (exact) mass is 369 g/mol. The molecule has 3 rings (SSSR count). The van der Waals surface area contributed by atoms with Crippen molar-refractivity contribution in [2.75, 3.05) is 11.5 Å². The van der Waals surface area contributed by atoms with Crippen LogP contribution in [-0.4, -0.2) is 45.2 Å². The van der Waals surface area contributed by atoms with E-state index in [9.17, 15) is 19.5 Å². The molecule has 1 aliphatic rings. The molecular weight excluding hydrogens is 350 g/mol. The van der Waals surface area contributed by atoms with Crippen molar-refractivity contribution in [3.05, 3.63) is 71.3 Å². The molecule has 1 unspecified atom stereocenters. The molecule has 26 heavy (non-hydrogen) atoms. The van der Waals surface area contributed by atoms with E-state index < -0.39 is 12.0 Å². The van der Waals surface area contributed by atoms with Gasteiger partial charge >= 0.3 is 5.97 Å². The Morgan fingerprint density at radius 1 is 0.962 bits per heavy atom. The summed E-state index contributed by atoms with van der Waals surface area (Å²) in [5, 5.41) is 9.49. The van der Waals surface area contributed by atoms with Gasteiger partial charge in [0.1, 0.15) is 6.04 Å². The van der Waals surface area contributed by atoms with Gasteiger partial charge in [0.25, 0.3) is 0 Å². The van der Waals surface area contributed by atoms with E-state index in [1.54, 1.807) is 24.3 Å². The molecule has 1 heterocycles. The van der Waals surface area contributed by atoms with Gasteiger partial charge in [0.15, 0.2) is 5.78 Å². The zero-order chi connectivity index (χ0) is 18.5. The molecule has 0 aliphatic carbocycles. The molecule has 0 saturated carbocycles. The van der Waals surface area contributed by atoms with Gasteiger partial charge in [-0.3, -0.25) is 9.59 Å². The molecule has 0 spiro atoms. The first-order valence-electron chi connectivity index (χ1n) is 8.31. The fourth-order valence-electron chi connectivity index (χ4n) is 3.03. The molecule has 5 nitrogen and oxygen atoms in total. The summed E-state index contributed by atoms with van der Waals surface area (Å²) in [6, 6.07) is 15.6. The summed E-state index contributed by atoms with van der Waals surface area (Å²) in [7, 11) is 0. The fourth-order valence-corrected chi connectivity index (χ4v) is 3.82. The van der Waals surface area contributed by atoms with E-state index in [1.165, 1.54) is 16.7 Å². The number of benzene rings is 2. The lowest BCUT2D eigenvalue weighted by Gasteiger charge is -2.34. The maximum Gasteiger partial charge on any atom is 0.326 e. The molecule has 0 fully saturated rings. The number of hydrogen-bond acceptors (Lipinski definition) is 4. The molecule has 0 bridgehead atoms. The van der Waals surface area contributed by atoms with Gasteiger partial charge in [0.05, 0.1) is 11.5 Å². The largest absolute Gasteiger partial charge is 0.480 e. The summed E-state index contributed by atoms with van der Waals surface area (Å²) in [4.78, 5) is 37.7. The Bertz CT molecular complexity index is 822. The number of thioether (sulfide) groups is 1. The van der Waals surface area contributed by atoms with Gasteiger partial charge in [-0.2, -0.15) is 0 Å². The highest BCUT2D eigenvalue weighted by molar-refractivity contribution is 8.00. The Hall–Kier alpha value is -2.60. The van der Waals surface area contributed by atoms with Crippen LogP contribution in [0.4, 0.5) is 0 Å². The van der Waals surface area contributed by atoms with Gasteiger partial charge in [-0.15, -0.1) is 11.8 Å². The van der Waals surface area contributed by atoms with Crippen LogP contribution in [0.2, 0.25) is 0 Å². The van der Waals surface area contributed by atoms with Gasteiger partial charge in [-0.1, -0.05) is 54.6 Å². The maximum atomic E-state index is 12.6. The number of ketones is 1. The first kappa shape index (κ1) is 18.2. The second-order valence-electron chi connectivity index (χ2n) is 6.13. The molecule has 2 aromatic rings. The smallest absolute Gasteiger partial charge is 0.326 e. The number of carbonyl (C=O) groups is 3. The summed E-state index contributed by atoms with van der Waals surface area (Å²) < 4.78 is 0. The average Bonchev–Trinajstić information content (AvgIpc) is 2.67. The summed E-state index contributed by atoms with van der Waals surface area (Å²) in [6.07, 6.45) is 0.310. The number of carboxylic acids is 1. The average molecular weight is 369 g/mol. The predicted octanol–water partition coefficient (Wildman–Crippen LogP) is 2.64. The normalized spacial score (nSPS) is 16.0. The van der Waals surface area contributed by atoms with Gasteiger partial charge in [0, 0.05) is 18.5 Å². The number of fused-ring (bicyclic) bond motifs is 1. The number of carbonyl (C=O) groups excluding carboxylic acids is 2. The molecular formula is C20H19NO4S. The minimum absolute atomic E-state index is 0.0397. The predicted molar refractivity (Wildman–Crippen MR) is 100 cm³/mol. The third-order valence-electron chi connectivity index (χ3n) is 4.41. The zero-order valence-corrected chi connectivity index (χ0v) is 14.9. The highest BCUT2D eigenvalue weighted by Gasteiger charge is 2.34. The van der Waals surface area contributed by atoms with Crippen LogP contribution in [0.25, 0.3) is 0 Å². The maximum absolute atomic E-state index is 12.6. The van der Waals surface area contributed by atoms with E-state index in [0.717, 1.165) is 11.1 Å². The van der Waals surface area contributed by atoms with Crippen molar-refractivity contribution < 1.29 is 19.5 Å². The lowest BCUT2D eigenvalue weighted by molar-refractivity contribution is -0.150. The lowest BCUT2D eigenvalue weighted by Crippen LogP contribution is -2.49. The summed E-state index contributed by atoms with van der Waals surface area (Å²) in [6.45, 7) is 0.291. The molecule has 134 valence electrons. The Kier molecular flexibility index (Phi) is 5.73. The Labute approximate surface area is 156 Å². The Balaban J connectivity index is 1.61. The molecule has 1 N–H and O–H groups in total. The first-order valence-corrected chi connectivity index (χ1v) is 9.47. The van der Waals surface area contributed by atoms with Crippen LogP contribution < -0.4 is 0 Å². The van der Waals surface area contributed by atoms with Gasteiger partial charge in [0.2, 0.25) is 5.91 Å². The molecule has 1 atom stereocenters. The minimum Gasteiger partial charge on any atom is -0.480 e. The summed E-state index contributed by atoms with van der Waals surface area (Å²) >= 11 is 1.22. The SMILES string of the molecule is O=C(CSCC(=O)N1Cc2ccccc2CC1C(=O)O)c1ccccc1. The summed E-state index contributed by atoms with van der Waals surface area (Å²) in [5.74, 6) is -1.01. The molecule has 1 amide bonds. The fraction of sp³-hybridized carbons (Fsp3) is 0.250. The van der Waals surface area contributed by atoms with Crippen molar-refractivity contribution in [3.8, 4) is 0 Å². The van der Waals surface area contributed by atoms with Crippen LogP contribution in [0.3, 0.4) is 0 Å². The highest BCUT2D eigenvalue weighted by Crippen LogP contribution is 2.24. The standard InChI is InChI=1S/C20H19NO4S/c22-18(14-6-2-1-3-7-14)12-26-13-19(23)21-11-16-9-5-4-8-15(16)10-17(21)20(24)25/h1-9,17H,10-13H2,(H,24,25). The first-order chi connectivity index (χ1) is 12.6. The molecule has 0 saturated heterocycles. The van der Waals surface area contributed by atoms with E-state index >= 15 is 0 Å². The Morgan fingerprint density at radius 3 is 2.31 bits per heavy atom. The second kappa shape index (κ2) is 8.19. The molecule has 0 radical (unpaired) electrons.